The monoisotopic (exact) mass is 585 g/mol. The molecular formula is C26H27N5O7S2. The van der Waals surface area contributed by atoms with Gasteiger partial charge in [0, 0.05) is 18.8 Å². The molecule has 14 heteroatoms. The lowest BCUT2D eigenvalue weighted by atomic mass is 10.1. The largest absolute Gasteiger partial charge is 0.619 e. The van der Waals surface area contributed by atoms with E-state index in [0.717, 1.165) is 27.3 Å². The lowest BCUT2D eigenvalue weighted by molar-refractivity contribution is -0.607. The van der Waals surface area contributed by atoms with Crippen LogP contribution in [0, 0.1) is 5.21 Å². The molecule has 0 saturated carbocycles. The van der Waals surface area contributed by atoms with Crippen molar-refractivity contribution in [2.45, 2.75) is 49.2 Å². The molecule has 2 fully saturated rings. The van der Waals surface area contributed by atoms with Gasteiger partial charge in [-0.3, -0.25) is 14.6 Å². The summed E-state index contributed by atoms with van der Waals surface area (Å²) in [5.41, 5.74) is 0.738. The average molecular weight is 586 g/mol. The molecule has 2 amide bonds. The number of ketones is 1. The Hall–Kier alpha value is -3.88. The smallest absolute Gasteiger partial charge is 0.414 e. The number of nitrogens with one attached hydrogen (secondary N) is 1. The molecule has 2 aliphatic rings. The van der Waals surface area contributed by atoms with E-state index in [-0.39, 0.29) is 17.9 Å². The molecule has 5 heterocycles. The second-order valence-corrected chi connectivity index (χ2v) is 12.4. The van der Waals surface area contributed by atoms with Gasteiger partial charge in [-0.15, -0.1) is 0 Å². The highest BCUT2D eigenvalue weighted by Gasteiger charge is 2.54. The fraction of sp³-hybridized carbons (Fsp3) is 0.346. The van der Waals surface area contributed by atoms with E-state index in [0.29, 0.717) is 22.6 Å². The first-order chi connectivity index (χ1) is 19.2. The van der Waals surface area contributed by atoms with Crippen molar-refractivity contribution in [3.63, 3.8) is 0 Å². The van der Waals surface area contributed by atoms with Crippen LogP contribution in [0.5, 0.6) is 5.06 Å². The molecule has 3 unspecified atom stereocenters. The van der Waals surface area contributed by atoms with Gasteiger partial charge in [0.1, 0.15) is 17.0 Å². The zero-order chi connectivity index (χ0) is 28.4. The van der Waals surface area contributed by atoms with Gasteiger partial charge in [-0.25, -0.2) is 13.2 Å². The number of sulfonamides is 1. The molecule has 12 nitrogen and oxygen atoms in total. The van der Waals surface area contributed by atoms with E-state index in [9.17, 15) is 28.0 Å². The van der Waals surface area contributed by atoms with Crippen LogP contribution in [0.1, 0.15) is 26.2 Å². The van der Waals surface area contributed by atoms with Crippen molar-refractivity contribution >= 4 is 39.1 Å². The van der Waals surface area contributed by atoms with Gasteiger partial charge in [0.2, 0.25) is 15.9 Å². The van der Waals surface area contributed by atoms with Crippen LogP contribution in [0.25, 0.3) is 10.6 Å². The number of hydrogen-bond acceptors (Lipinski definition) is 9. The Bertz CT molecular complexity index is 1530. The van der Waals surface area contributed by atoms with Crippen LogP contribution < -0.4 is 14.8 Å². The van der Waals surface area contributed by atoms with Crippen molar-refractivity contribution in [2.24, 2.45) is 0 Å². The maximum absolute atomic E-state index is 13.6. The quantitative estimate of drug-likeness (QED) is 0.311. The van der Waals surface area contributed by atoms with Gasteiger partial charge < -0.3 is 20.2 Å². The number of likely N-dealkylation sites (tertiary alicyclic amines) is 1. The van der Waals surface area contributed by atoms with Gasteiger partial charge in [0.15, 0.2) is 23.2 Å². The molecule has 0 spiro atoms. The summed E-state index contributed by atoms with van der Waals surface area (Å²) in [4.78, 5) is 45.5. The van der Waals surface area contributed by atoms with Gasteiger partial charge in [0.25, 0.3) is 0 Å². The standard InChI is InChI=1S/C26H27N5O7S2/c1-2-6-19(28-26(34)38-23-10-9-22(39-23)18-8-3-4-12-27-18)25(33)30-14-11-20-24(30)21(32)16-31(20)40(36,37)17-7-5-13-29(35)15-17/h3-5,7-10,12-13,15,19-20,24H,2,6,11,14,16H2,1H3,(H,28,34). The third-order valence-corrected chi connectivity index (χ3v) is 9.71. The molecule has 0 aliphatic carbocycles. The Morgan fingerprint density at radius 3 is 2.80 bits per heavy atom. The van der Waals surface area contributed by atoms with Crippen LogP contribution in [0.3, 0.4) is 0 Å². The molecule has 3 aromatic rings. The van der Waals surface area contributed by atoms with Crippen LogP contribution in [0.4, 0.5) is 4.79 Å². The number of nitrogens with zero attached hydrogens (tertiary/aromatic N) is 4. The average Bonchev–Trinajstić information content (AvgIpc) is 3.66. The predicted octanol–water partition coefficient (Wildman–Crippen LogP) is 1.94. The number of carbonyl (C=O) groups excluding carboxylic acids is 3. The van der Waals surface area contributed by atoms with Crippen molar-refractivity contribution in [3.05, 3.63) is 66.3 Å². The predicted molar refractivity (Wildman–Crippen MR) is 144 cm³/mol. The van der Waals surface area contributed by atoms with E-state index >= 15 is 0 Å². The summed E-state index contributed by atoms with van der Waals surface area (Å²) < 4.78 is 33.3. The molecule has 0 radical (unpaired) electrons. The van der Waals surface area contributed by atoms with Crippen molar-refractivity contribution in [2.75, 3.05) is 13.1 Å². The lowest BCUT2D eigenvalue weighted by Crippen LogP contribution is -2.53. The summed E-state index contributed by atoms with van der Waals surface area (Å²) >= 11 is 1.23. The summed E-state index contributed by atoms with van der Waals surface area (Å²) in [7, 11) is -4.14. The number of hydrogen-bond donors (Lipinski definition) is 1. The number of pyridine rings is 2. The number of fused-ring (bicyclic) bond motifs is 1. The first kappa shape index (κ1) is 27.7. The molecule has 210 valence electrons. The molecule has 0 aromatic carbocycles. The summed E-state index contributed by atoms with van der Waals surface area (Å²) in [6.07, 6.45) is 4.07. The highest BCUT2D eigenvalue weighted by Crippen LogP contribution is 2.35. The molecular weight excluding hydrogens is 558 g/mol. The van der Waals surface area contributed by atoms with Crippen molar-refractivity contribution < 1.29 is 32.3 Å². The van der Waals surface area contributed by atoms with Gasteiger partial charge in [-0.2, -0.15) is 9.04 Å². The second-order valence-electron chi connectivity index (χ2n) is 9.46. The summed E-state index contributed by atoms with van der Waals surface area (Å²) in [5, 5.41) is 14.6. The van der Waals surface area contributed by atoms with Crippen LogP contribution in [0.2, 0.25) is 0 Å². The second kappa shape index (κ2) is 11.3. The van der Waals surface area contributed by atoms with Crippen LogP contribution in [-0.4, -0.2) is 71.6 Å². The van der Waals surface area contributed by atoms with Crippen LogP contribution >= 0.6 is 11.3 Å². The van der Waals surface area contributed by atoms with E-state index in [2.05, 4.69) is 10.3 Å². The van der Waals surface area contributed by atoms with E-state index in [4.69, 9.17) is 4.74 Å². The summed E-state index contributed by atoms with van der Waals surface area (Å²) in [6, 6.07) is 8.84. The maximum Gasteiger partial charge on any atom is 0.414 e. The van der Waals surface area contributed by atoms with Crippen molar-refractivity contribution in [1.82, 2.24) is 19.5 Å². The van der Waals surface area contributed by atoms with E-state index in [1.807, 2.05) is 19.1 Å². The fourth-order valence-corrected chi connectivity index (χ4v) is 7.56. The molecule has 1 N–H and O–H groups in total. The molecule has 2 saturated heterocycles. The Balaban J connectivity index is 1.27. The van der Waals surface area contributed by atoms with Gasteiger partial charge >= 0.3 is 6.09 Å². The van der Waals surface area contributed by atoms with Crippen molar-refractivity contribution in [1.29, 1.82) is 0 Å². The fourth-order valence-electron chi connectivity index (χ4n) is 5.09. The van der Waals surface area contributed by atoms with Gasteiger partial charge in [-0.05, 0) is 43.2 Å². The van der Waals surface area contributed by atoms with E-state index < -0.39 is 52.5 Å². The third-order valence-electron chi connectivity index (χ3n) is 6.87. The summed E-state index contributed by atoms with van der Waals surface area (Å²) in [6.45, 7) is 1.60. The Kier molecular flexibility index (Phi) is 7.83. The van der Waals surface area contributed by atoms with E-state index in [1.54, 1.807) is 24.4 Å². The number of carbonyl (C=O) groups is 3. The Morgan fingerprint density at radius 1 is 1.25 bits per heavy atom. The van der Waals surface area contributed by atoms with Crippen molar-refractivity contribution in [3.8, 4) is 15.6 Å². The number of amides is 2. The highest BCUT2D eigenvalue weighted by molar-refractivity contribution is 7.89. The third kappa shape index (κ3) is 5.42. The number of Topliss-reactive ketones (excluding diaryl/α,β-unsaturated/α-hetero) is 1. The Morgan fingerprint density at radius 2 is 2.08 bits per heavy atom. The molecule has 3 aromatic heterocycles. The maximum atomic E-state index is 13.6. The minimum Gasteiger partial charge on any atom is -0.619 e. The normalized spacial score (nSPS) is 19.8. The number of thiophene rings is 1. The first-order valence-electron chi connectivity index (χ1n) is 12.7. The van der Waals surface area contributed by atoms with Gasteiger partial charge in [-0.1, -0.05) is 30.7 Å². The Labute approximate surface area is 234 Å². The first-order valence-corrected chi connectivity index (χ1v) is 15.0. The molecule has 0 bridgehead atoms. The highest BCUT2D eigenvalue weighted by atomic mass is 32.2. The van der Waals surface area contributed by atoms with Crippen LogP contribution in [-0.2, 0) is 19.6 Å². The SMILES string of the molecule is CCCC(NC(=O)Oc1ccc(-c2ccccn2)s1)C(=O)N1CCC2C1C(=O)CN2S(=O)(=O)c1ccc[n+]([O-])c1. The summed E-state index contributed by atoms with van der Waals surface area (Å²) in [5.74, 6) is -0.889. The molecule has 40 heavy (non-hydrogen) atoms. The molecule has 3 atom stereocenters. The van der Waals surface area contributed by atoms with E-state index in [1.165, 1.54) is 28.4 Å². The topological polar surface area (TPSA) is 153 Å². The zero-order valence-electron chi connectivity index (χ0n) is 21.5. The van der Waals surface area contributed by atoms with Crippen LogP contribution in [0.15, 0.2) is 66.0 Å². The number of aromatic nitrogens is 2. The van der Waals surface area contributed by atoms with Gasteiger partial charge in [0.05, 0.1) is 23.2 Å². The minimum absolute atomic E-state index is 0.150. The lowest BCUT2D eigenvalue weighted by Gasteiger charge is -2.28. The molecule has 5 rings (SSSR count). The number of ether oxygens (including phenoxy) is 1. The zero-order valence-corrected chi connectivity index (χ0v) is 23.1. The molecule has 2 aliphatic heterocycles. The number of rotatable bonds is 8. The minimum atomic E-state index is -4.14.